The molecule has 0 radical (unpaired) electrons. The molecule has 0 aromatic carbocycles. The smallest absolute Gasteiger partial charge is 0.248 e. The highest BCUT2D eigenvalue weighted by Gasteiger charge is 2.37. The summed E-state index contributed by atoms with van der Waals surface area (Å²) in [7, 11) is -2.07. The zero-order valence-corrected chi connectivity index (χ0v) is 15.3. The largest absolute Gasteiger partial charge is 0.487 e. The molecule has 0 aliphatic carbocycles. The van der Waals surface area contributed by atoms with Crippen molar-refractivity contribution in [3.05, 3.63) is 34.9 Å². The number of ether oxygens (including phenoxy) is 1. The molecule has 0 amide bonds. The third-order valence-electron chi connectivity index (χ3n) is 3.99. The van der Waals surface area contributed by atoms with Crippen molar-refractivity contribution in [2.24, 2.45) is 7.05 Å². The van der Waals surface area contributed by atoms with E-state index in [0.717, 1.165) is 5.69 Å². The van der Waals surface area contributed by atoms with Crippen LogP contribution in [-0.2, 0) is 17.1 Å². The molecule has 1 saturated heterocycles. The second-order valence-electron chi connectivity index (χ2n) is 5.86. The zero-order chi connectivity index (χ0) is 17.5. The number of rotatable bonds is 4. The number of hydrogen-bond acceptors (Lipinski definition) is 5. The summed E-state index contributed by atoms with van der Waals surface area (Å²) in [4.78, 5) is 4.25. The van der Waals surface area contributed by atoms with Gasteiger partial charge in [0.1, 0.15) is 21.9 Å². The van der Waals surface area contributed by atoms with Crippen LogP contribution < -0.4 is 4.74 Å². The topological polar surface area (TPSA) is 77.3 Å². The summed E-state index contributed by atoms with van der Waals surface area (Å²) in [5, 5.41) is 4.21. The Morgan fingerprint density at radius 2 is 2.08 bits per heavy atom. The lowest BCUT2D eigenvalue weighted by molar-refractivity contribution is 0.214. The molecule has 24 heavy (non-hydrogen) atoms. The maximum Gasteiger partial charge on any atom is 0.248 e. The molecule has 1 aliphatic heterocycles. The minimum absolute atomic E-state index is 0.0734. The molecule has 2 aromatic heterocycles. The summed E-state index contributed by atoms with van der Waals surface area (Å²) >= 11 is 6.11. The summed E-state index contributed by atoms with van der Waals surface area (Å²) in [6.07, 6.45) is 2.05. The summed E-state index contributed by atoms with van der Waals surface area (Å²) in [5.74, 6) is 0.639. The van der Waals surface area contributed by atoms with Gasteiger partial charge in [-0.2, -0.15) is 9.40 Å². The van der Waals surface area contributed by atoms with Gasteiger partial charge in [-0.3, -0.25) is 9.67 Å². The highest BCUT2D eigenvalue weighted by atomic mass is 35.5. The van der Waals surface area contributed by atoms with Gasteiger partial charge in [0.2, 0.25) is 10.0 Å². The van der Waals surface area contributed by atoms with Crippen LogP contribution in [0.25, 0.3) is 0 Å². The van der Waals surface area contributed by atoms with Crippen LogP contribution in [-0.4, -0.2) is 46.7 Å². The molecule has 0 spiro atoms. The molecule has 7 nitrogen and oxygen atoms in total. The van der Waals surface area contributed by atoms with Crippen LogP contribution in [0.3, 0.4) is 0 Å². The Labute approximate surface area is 146 Å². The van der Waals surface area contributed by atoms with Crippen molar-refractivity contribution in [2.75, 3.05) is 13.1 Å². The first-order chi connectivity index (χ1) is 11.3. The van der Waals surface area contributed by atoms with Crippen LogP contribution in [0.2, 0.25) is 5.15 Å². The van der Waals surface area contributed by atoms with Crippen molar-refractivity contribution in [1.82, 2.24) is 19.1 Å². The highest BCUT2D eigenvalue weighted by molar-refractivity contribution is 7.89. The molecule has 1 atom stereocenters. The van der Waals surface area contributed by atoms with Gasteiger partial charge in [0, 0.05) is 19.3 Å². The van der Waals surface area contributed by atoms with E-state index in [9.17, 15) is 8.42 Å². The van der Waals surface area contributed by atoms with E-state index in [-0.39, 0.29) is 22.7 Å². The van der Waals surface area contributed by atoms with Crippen molar-refractivity contribution < 1.29 is 13.2 Å². The first kappa shape index (κ1) is 17.2. The molecule has 1 aliphatic rings. The molecule has 0 N–H and O–H groups in total. The predicted molar refractivity (Wildman–Crippen MR) is 89.7 cm³/mol. The third kappa shape index (κ3) is 3.13. The molecule has 9 heteroatoms. The van der Waals surface area contributed by atoms with Crippen molar-refractivity contribution in [1.29, 1.82) is 0 Å². The molecule has 0 saturated carbocycles. The highest BCUT2D eigenvalue weighted by Crippen LogP contribution is 2.30. The molecule has 2 aromatic rings. The summed E-state index contributed by atoms with van der Waals surface area (Å²) in [5.41, 5.74) is 1.30. The van der Waals surface area contributed by atoms with Gasteiger partial charge < -0.3 is 4.74 Å². The Kier molecular flexibility index (Phi) is 4.54. The first-order valence-corrected chi connectivity index (χ1v) is 9.39. The summed E-state index contributed by atoms with van der Waals surface area (Å²) < 4.78 is 34.3. The SMILES string of the molecule is Cc1ccc(O[C@H]2CCN(S(=O)(=O)c3c(C)nn(C)c3Cl)C2)cn1. The summed E-state index contributed by atoms with van der Waals surface area (Å²) in [6, 6.07) is 3.69. The molecule has 3 rings (SSSR count). The number of aryl methyl sites for hydroxylation is 3. The Balaban J connectivity index is 1.76. The number of halogens is 1. The van der Waals surface area contributed by atoms with E-state index < -0.39 is 10.0 Å². The lowest BCUT2D eigenvalue weighted by atomic mass is 10.3. The maximum atomic E-state index is 12.9. The Hall–Kier alpha value is -1.64. The zero-order valence-electron chi connectivity index (χ0n) is 13.7. The average molecular weight is 371 g/mol. The van der Waals surface area contributed by atoms with Crippen molar-refractivity contribution >= 4 is 21.6 Å². The predicted octanol–water partition coefficient (Wildman–Crippen LogP) is 1.93. The lowest BCUT2D eigenvalue weighted by Gasteiger charge is -2.17. The minimum Gasteiger partial charge on any atom is -0.487 e. The second kappa shape index (κ2) is 6.34. The Morgan fingerprint density at radius 1 is 1.33 bits per heavy atom. The van der Waals surface area contributed by atoms with Gasteiger partial charge in [-0.25, -0.2) is 8.42 Å². The standard InChI is InChI=1S/C15H19ClN4O3S/c1-10-4-5-12(8-17-10)23-13-6-7-20(9-13)24(21,22)14-11(2)18-19(3)15(14)16/h4-5,8,13H,6-7,9H2,1-3H3/t13-/m0/s1. The molecule has 1 fully saturated rings. The van der Waals surface area contributed by atoms with Gasteiger partial charge in [-0.1, -0.05) is 11.6 Å². The quantitative estimate of drug-likeness (QED) is 0.821. The number of hydrogen-bond donors (Lipinski definition) is 0. The van der Waals surface area contributed by atoms with E-state index in [1.165, 1.54) is 8.99 Å². The number of pyridine rings is 1. The van der Waals surface area contributed by atoms with E-state index in [2.05, 4.69) is 10.1 Å². The van der Waals surface area contributed by atoms with E-state index in [0.29, 0.717) is 24.4 Å². The number of sulfonamides is 1. The van der Waals surface area contributed by atoms with Crippen molar-refractivity contribution in [3.8, 4) is 5.75 Å². The molecule has 0 bridgehead atoms. The van der Waals surface area contributed by atoms with Gasteiger partial charge in [0.05, 0.1) is 18.4 Å². The lowest BCUT2D eigenvalue weighted by Crippen LogP contribution is -2.31. The second-order valence-corrected chi connectivity index (χ2v) is 8.09. The van der Waals surface area contributed by atoms with E-state index in [1.807, 2.05) is 19.1 Å². The monoisotopic (exact) mass is 370 g/mol. The van der Waals surface area contributed by atoms with Gasteiger partial charge in [-0.15, -0.1) is 0 Å². The third-order valence-corrected chi connectivity index (χ3v) is 6.55. The molecular weight excluding hydrogens is 352 g/mol. The normalized spacial score (nSPS) is 18.9. The summed E-state index contributed by atoms with van der Waals surface area (Å²) in [6.45, 7) is 4.20. The first-order valence-electron chi connectivity index (χ1n) is 7.57. The van der Waals surface area contributed by atoms with Crippen LogP contribution in [0.4, 0.5) is 0 Å². The average Bonchev–Trinajstić information content (AvgIpc) is 3.07. The number of aromatic nitrogens is 3. The molecule has 0 unspecified atom stereocenters. The fraction of sp³-hybridized carbons (Fsp3) is 0.467. The van der Waals surface area contributed by atoms with Gasteiger partial charge in [0.15, 0.2) is 0 Å². The van der Waals surface area contributed by atoms with Gasteiger partial charge >= 0.3 is 0 Å². The van der Waals surface area contributed by atoms with Crippen LogP contribution >= 0.6 is 11.6 Å². The molecule has 130 valence electrons. The Bertz CT molecular complexity index is 848. The van der Waals surface area contributed by atoms with Crippen LogP contribution in [0.5, 0.6) is 5.75 Å². The maximum absolute atomic E-state index is 12.9. The van der Waals surface area contributed by atoms with Gasteiger partial charge in [-0.05, 0) is 32.4 Å². The molecule has 3 heterocycles. The fourth-order valence-corrected chi connectivity index (χ4v) is 4.95. The van der Waals surface area contributed by atoms with E-state index >= 15 is 0 Å². The van der Waals surface area contributed by atoms with Crippen molar-refractivity contribution in [3.63, 3.8) is 0 Å². The minimum atomic E-state index is -3.69. The van der Waals surface area contributed by atoms with E-state index in [1.54, 1.807) is 20.2 Å². The van der Waals surface area contributed by atoms with Crippen LogP contribution in [0.15, 0.2) is 23.2 Å². The van der Waals surface area contributed by atoms with Crippen molar-refractivity contribution in [2.45, 2.75) is 31.3 Å². The molecular formula is C15H19ClN4O3S. The Morgan fingerprint density at radius 3 is 2.67 bits per heavy atom. The van der Waals surface area contributed by atoms with Gasteiger partial charge in [0.25, 0.3) is 0 Å². The number of nitrogens with zero attached hydrogens (tertiary/aromatic N) is 4. The van der Waals surface area contributed by atoms with E-state index in [4.69, 9.17) is 16.3 Å². The fourth-order valence-electron chi connectivity index (χ4n) is 2.76. The van der Waals surface area contributed by atoms with Crippen LogP contribution in [0.1, 0.15) is 17.8 Å². The van der Waals surface area contributed by atoms with Crippen LogP contribution in [0, 0.1) is 13.8 Å².